The van der Waals surface area contributed by atoms with Crippen LogP contribution in [0.3, 0.4) is 0 Å². The Labute approximate surface area is 151 Å². The lowest BCUT2D eigenvalue weighted by atomic mass is 9.97. The van der Waals surface area contributed by atoms with E-state index >= 15 is 0 Å². The Kier molecular flexibility index (Phi) is 4.38. The molecular weight excluding hydrogens is 360 g/mol. The van der Waals surface area contributed by atoms with Gasteiger partial charge in [0, 0.05) is 37.0 Å². The molecule has 4 heterocycles. The van der Waals surface area contributed by atoms with E-state index < -0.39 is 10.0 Å². The van der Waals surface area contributed by atoms with Gasteiger partial charge in [-0.3, -0.25) is 0 Å². The molecule has 2 aliphatic heterocycles. The van der Waals surface area contributed by atoms with Crippen LogP contribution in [-0.4, -0.2) is 52.1 Å². The number of hydrogen-bond donors (Lipinski definition) is 1. The van der Waals surface area contributed by atoms with Crippen LogP contribution < -0.4 is 5.32 Å². The lowest BCUT2D eigenvalue weighted by Crippen LogP contribution is -2.38. The van der Waals surface area contributed by atoms with E-state index in [-0.39, 0.29) is 10.3 Å². The average Bonchev–Trinajstić information content (AvgIpc) is 3.19. The van der Waals surface area contributed by atoms with Gasteiger partial charge in [0.05, 0.1) is 12.2 Å². The van der Waals surface area contributed by atoms with E-state index in [0.29, 0.717) is 13.1 Å². The number of hydrogen-bond acceptors (Lipinski definition) is 7. The monoisotopic (exact) mass is 382 g/mol. The highest BCUT2D eigenvalue weighted by Gasteiger charge is 2.34. The van der Waals surface area contributed by atoms with Gasteiger partial charge in [-0.1, -0.05) is 0 Å². The number of thiazole rings is 1. The zero-order valence-electron chi connectivity index (χ0n) is 14.4. The Hall–Kier alpha value is -1.36. The van der Waals surface area contributed by atoms with Gasteiger partial charge in [-0.15, -0.1) is 21.5 Å². The quantitative estimate of drug-likeness (QED) is 0.852. The maximum Gasteiger partial charge on any atom is 0.270 e. The summed E-state index contributed by atoms with van der Waals surface area (Å²) in [6.45, 7) is 7.32. The molecule has 2 aromatic heterocycles. The third-order valence-electron chi connectivity index (χ3n) is 5.04. The summed E-state index contributed by atoms with van der Waals surface area (Å²) in [4.78, 5) is 5.19. The number of nitrogens with zero attached hydrogens (tertiary/aromatic N) is 5. The molecule has 1 fully saturated rings. The second-order valence-electron chi connectivity index (χ2n) is 6.60. The van der Waals surface area contributed by atoms with Crippen LogP contribution in [0, 0.1) is 13.8 Å². The summed E-state index contributed by atoms with van der Waals surface area (Å²) in [6, 6.07) is 0. The molecule has 0 amide bonds. The first-order valence-electron chi connectivity index (χ1n) is 8.53. The van der Waals surface area contributed by atoms with Crippen molar-refractivity contribution in [3.05, 3.63) is 22.2 Å². The van der Waals surface area contributed by atoms with Crippen LogP contribution in [-0.2, 0) is 23.1 Å². The van der Waals surface area contributed by atoms with Crippen LogP contribution in [0.4, 0.5) is 0 Å². The number of piperidine rings is 1. The van der Waals surface area contributed by atoms with Crippen molar-refractivity contribution in [2.24, 2.45) is 0 Å². The zero-order valence-corrected chi connectivity index (χ0v) is 16.0. The number of rotatable bonds is 3. The molecule has 0 aliphatic carbocycles. The van der Waals surface area contributed by atoms with E-state index in [2.05, 4.69) is 25.1 Å². The Morgan fingerprint density at radius 1 is 1.16 bits per heavy atom. The lowest BCUT2D eigenvalue weighted by molar-refractivity contribution is 0.307. The van der Waals surface area contributed by atoms with Crippen LogP contribution in [0.1, 0.15) is 41.0 Å². The van der Waals surface area contributed by atoms with Crippen molar-refractivity contribution in [2.75, 3.05) is 19.6 Å². The van der Waals surface area contributed by atoms with Crippen molar-refractivity contribution in [2.45, 2.75) is 50.0 Å². The third kappa shape index (κ3) is 3.01. The topological polar surface area (TPSA) is 93.0 Å². The molecule has 0 spiro atoms. The van der Waals surface area contributed by atoms with Gasteiger partial charge in [-0.2, -0.15) is 4.31 Å². The van der Waals surface area contributed by atoms with Crippen molar-refractivity contribution < 1.29 is 8.42 Å². The van der Waals surface area contributed by atoms with Gasteiger partial charge < -0.3 is 9.88 Å². The van der Waals surface area contributed by atoms with Gasteiger partial charge in [-0.05, 0) is 26.7 Å². The van der Waals surface area contributed by atoms with E-state index in [0.717, 1.165) is 54.7 Å². The summed E-state index contributed by atoms with van der Waals surface area (Å²) >= 11 is 1.26. The van der Waals surface area contributed by atoms with Crippen molar-refractivity contribution >= 4 is 21.4 Å². The molecule has 0 atom stereocenters. The standard InChI is InChI=1S/C15H22N6O2S2/c1-10-11(2)24-15(17-10)25(22,23)20-6-3-12(4-7-20)14-19-18-13-9-16-5-8-21(13)14/h12,16H,3-9H2,1-2H3. The Morgan fingerprint density at radius 3 is 2.60 bits per heavy atom. The molecular formula is C15H22N6O2S2. The normalized spacial score (nSPS) is 19.9. The highest BCUT2D eigenvalue weighted by Crippen LogP contribution is 2.32. The molecule has 4 rings (SSSR count). The van der Waals surface area contributed by atoms with Gasteiger partial charge in [0.1, 0.15) is 11.6 Å². The van der Waals surface area contributed by atoms with Crippen LogP contribution >= 0.6 is 11.3 Å². The Bertz CT molecular complexity index is 860. The largest absolute Gasteiger partial charge is 0.312 e. The molecule has 1 saturated heterocycles. The molecule has 2 aromatic rings. The molecule has 0 saturated carbocycles. The van der Waals surface area contributed by atoms with Crippen molar-refractivity contribution in [1.82, 2.24) is 29.4 Å². The number of nitrogens with one attached hydrogen (secondary N) is 1. The van der Waals surface area contributed by atoms with Crippen molar-refractivity contribution in [3.8, 4) is 0 Å². The molecule has 0 aromatic carbocycles. The minimum Gasteiger partial charge on any atom is -0.312 e. The highest BCUT2D eigenvalue weighted by atomic mass is 32.2. The fourth-order valence-electron chi connectivity index (χ4n) is 3.44. The van der Waals surface area contributed by atoms with Gasteiger partial charge in [0.2, 0.25) is 4.34 Å². The molecule has 8 nitrogen and oxygen atoms in total. The molecule has 0 unspecified atom stereocenters. The molecule has 136 valence electrons. The SMILES string of the molecule is Cc1nc(S(=O)(=O)N2CCC(c3nnc4n3CCNC4)CC2)sc1C. The van der Waals surface area contributed by atoms with Crippen molar-refractivity contribution in [1.29, 1.82) is 0 Å². The van der Waals surface area contributed by atoms with Crippen LogP contribution in [0.15, 0.2) is 4.34 Å². The van der Waals surface area contributed by atoms with Crippen LogP contribution in [0.25, 0.3) is 0 Å². The average molecular weight is 383 g/mol. The second kappa shape index (κ2) is 6.42. The number of sulfonamides is 1. The van der Waals surface area contributed by atoms with Crippen molar-refractivity contribution in [3.63, 3.8) is 0 Å². The summed E-state index contributed by atoms with van der Waals surface area (Å²) in [5, 5.41) is 11.9. The first-order valence-corrected chi connectivity index (χ1v) is 10.8. The van der Waals surface area contributed by atoms with Gasteiger partial charge >= 0.3 is 0 Å². The predicted molar refractivity (Wildman–Crippen MR) is 94.1 cm³/mol. The second-order valence-corrected chi connectivity index (χ2v) is 9.92. The maximum absolute atomic E-state index is 12.8. The van der Waals surface area contributed by atoms with Crippen LogP contribution in [0.5, 0.6) is 0 Å². The molecule has 1 N–H and O–H groups in total. The molecule has 10 heteroatoms. The minimum atomic E-state index is -3.49. The number of fused-ring (bicyclic) bond motifs is 1. The molecule has 0 bridgehead atoms. The fourth-order valence-corrected chi connectivity index (χ4v) is 6.35. The van der Waals surface area contributed by atoms with Crippen LogP contribution in [0.2, 0.25) is 0 Å². The number of aryl methyl sites for hydroxylation is 2. The van der Waals surface area contributed by atoms with E-state index in [1.807, 2.05) is 13.8 Å². The fraction of sp³-hybridized carbons (Fsp3) is 0.667. The summed E-state index contributed by atoms with van der Waals surface area (Å²) in [6.07, 6.45) is 1.54. The maximum atomic E-state index is 12.8. The van der Waals surface area contributed by atoms with E-state index in [1.165, 1.54) is 11.3 Å². The molecule has 2 aliphatic rings. The predicted octanol–water partition coefficient (Wildman–Crippen LogP) is 1.02. The van der Waals surface area contributed by atoms with Gasteiger partial charge in [0.25, 0.3) is 10.0 Å². The van der Waals surface area contributed by atoms with Gasteiger partial charge in [0.15, 0.2) is 0 Å². The Balaban J connectivity index is 1.49. The molecule has 25 heavy (non-hydrogen) atoms. The van der Waals surface area contributed by atoms with E-state index in [4.69, 9.17) is 0 Å². The lowest BCUT2D eigenvalue weighted by Gasteiger charge is -2.30. The zero-order chi connectivity index (χ0) is 17.6. The summed E-state index contributed by atoms with van der Waals surface area (Å²) in [7, 11) is -3.49. The number of aromatic nitrogens is 4. The van der Waals surface area contributed by atoms with E-state index in [9.17, 15) is 8.42 Å². The first-order chi connectivity index (χ1) is 12.0. The van der Waals surface area contributed by atoms with E-state index in [1.54, 1.807) is 4.31 Å². The third-order valence-corrected chi connectivity index (χ3v) is 8.37. The first kappa shape index (κ1) is 17.1. The summed E-state index contributed by atoms with van der Waals surface area (Å²) in [5.74, 6) is 2.25. The van der Waals surface area contributed by atoms with Gasteiger partial charge in [-0.25, -0.2) is 13.4 Å². The summed E-state index contributed by atoms with van der Waals surface area (Å²) < 4.78 is 29.6. The minimum absolute atomic E-state index is 0.215. The summed E-state index contributed by atoms with van der Waals surface area (Å²) in [5.41, 5.74) is 0.794. The Morgan fingerprint density at radius 2 is 1.92 bits per heavy atom. The molecule has 0 radical (unpaired) electrons. The highest BCUT2D eigenvalue weighted by molar-refractivity contribution is 7.91. The smallest absolute Gasteiger partial charge is 0.270 e.